The van der Waals surface area contributed by atoms with Crippen molar-refractivity contribution in [3.8, 4) is 0 Å². The second-order valence-corrected chi connectivity index (χ2v) is 7.71. The molecule has 0 bridgehead atoms. The fourth-order valence-corrected chi connectivity index (χ4v) is 3.26. The van der Waals surface area contributed by atoms with Gasteiger partial charge in [0.05, 0.1) is 18.1 Å². The zero-order valence-electron chi connectivity index (χ0n) is 19.1. The minimum atomic E-state index is -0.500. The van der Waals surface area contributed by atoms with Gasteiger partial charge in [-0.25, -0.2) is 0 Å². The van der Waals surface area contributed by atoms with Crippen molar-refractivity contribution in [3.05, 3.63) is 0 Å². The van der Waals surface area contributed by atoms with Crippen LogP contribution in [-0.4, -0.2) is 69.5 Å². The molecule has 0 aromatic heterocycles. The Hall–Kier alpha value is -1.55. The highest BCUT2D eigenvalue weighted by atomic mass is 16.2. The molecule has 176 valence electrons. The number of hydrogen-bond donors (Lipinski definition) is 6. The van der Waals surface area contributed by atoms with Gasteiger partial charge in [-0.05, 0) is 79.1 Å². The highest BCUT2D eigenvalue weighted by Gasteiger charge is 2.22. The molecule has 2 amide bonds. The Morgan fingerprint density at radius 1 is 0.700 bits per heavy atom. The topological polar surface area (TPSA) is 151 Å². The molecule has 0 saturated heterocycles. The minimum absolute atomic E-state index is 0.0136. The van der Waals surface area contributed by atoms with Gasteiger partial charge in [0.2, 0.25) is 11.8 Å². The van der Waals surface area contributed by atoms with Crippen LogP contribution in [0.4, 0.5) is 0 Å². The molecule has 9 heteroatoms. The average Bonchev–Trinajstić information content (AvgIpc) is 2.72. The van der Waals surface area contributed by atoms with Crippen LogP contribution in [0.3, 0.4) is 0 Å². The quantitative estimate of drug-likeness (QED) is 0.156. The fourth-order valence-electron chi connectivity index (χ4n) is 3.26. The summed E-state index contributed by atoms with van der Waals surface area (Å²) in [5.41, 5.74) is 11.0. The second kappa shape index (κ2) is 18.2. The van der Waals surface area contributed by atoms with Gasteiger partial charge in [-0.15, -0.1) is 0 Å². The van der Waals surface area contributed by atoms with Crippen LogP contribution in [0.15, 0.2) is 0 Å². The highest BCUT2D eigenvalue weighted by Crippen LogP contribution is 2.06. The van der Waals surface area contributed by atoms with Crippen molar-refractivity contribution in [2.45, 2.75) is 82.8 Å². The normalized spacial score (nSPS) is 14.0. The van der Waals surface area contributed by atoms with E-state index in [1.807, 2.05) is 0 Å². The Balaban J connectivity index is 4.28. The number of amides is 2. The number of rotatable bonds is 19. The number of hydrogen-bond acceptors (Lipinski definition) is 7. The number of ketones is 1. The average molecular weight is 429 g/mol. The third-order valence-electron chi connectivity index (χ3n) is 5.25. The number of likely N-dealkylation sites (N-methyl/N-ethyl adjacent to an activating group) is 2. The summed E-state index contributed by atoms with van der Waals surface area (Å²) >= 11 is 0. The van der Waals surface area contributed by atoms with Gasteiger partial charge in [0, 0.05) is 6.54 Å². The lowest BCUT2D eigenvalue weighted by molar-refractivity contribution is -0.128. The van der Waals surface area contributed by atoms with E-state index in [1.54, 1.807) is 14.1 Å². The van der Waals surface area contributed by atoms with Crippen molar-refractivity contribution in [3.63, 3.8) is 0 Å². The molecule has 8 N–H and O–H groups in total. The third-order valence-corrected chi connectivity index (χ3v) is 5.25. The molecule has 0 aromatic rings. The highest BCUT2D eigenvalue weighted by molar-refractivity contribution is 5.89. The van der Waals surface area contributed by atoms with Crippen LogP contribution >= 0.6 is 0 Å². The lowest BCUT2D eigenvalue weighted by Gasteiger charge is -2.21. The maximum Gasteiger partial charge on any atom is 0.237 e. The second-order valence-electron chi connectivity index (χ2n) is 7.71. The maximum absolute atomic E-state index is 12.4. The van der Waals surface area contributed by atoms with E-state index < -0.39 is 6.04 Å². The summed E-state index contributed by atoms with van der Waals surface area (Å²) in [6.45, 7) is 3.28. The molecule has 0 aromatic carbocycles. The first-order valence-electron chi connectivity index (χ1n) is 11.2. The van der Waals surface area contributed by atoms with Gasteiger partial charge in [-0.3, -0.25) is 14.4 Å². The van der Waals surface area contributed by atoms with Crippen LogP contribution < -0.4 is 32.7 Å². The Bertz CT molecular complexity index is 489. The Morgan fingerprint density at radius 3 is 1.63 bits per heavy atom. The molecule has 0 fully saturated rings. The summed E-state index contributed by atoms with van der Waals surface area (Å²) in [6.07, 6.45) is 7.04. The summed E-state index contributed by atoms with van der Waals surface area (Å²) < 4.78 is 0. The van der Waals surface area contributed by atoms with Crippen LogP contribution in [0.1, 0.15) is 64.7 Å². The molecule has 0 saturated carbocycles. The van der Waals surface area contributed by atoms with Crippen molar-refractivity contribution < 1.29 is 14.4 Å². The minimum Gasteiger partial charge on any atom is -0.355 e. The van der Waals surface area contributed by atoms with Crippen molar-refractivity contribution in [2.75, 3.05) is 33.7 Å². The SMILES string of the molecule is CNC(CCCCN)C(=O)NCCCCC(NC(=O)C(CCCCN)NC)C(C)=O. The van der Waals surface area contributed by atoms with E-state index in [0.29, 0.717) is 32.5 Å². The van der Waals surface area contributed by atoms with Crippen LogP contribution in [-0.2, 0) is 14.4 Å². The molecule has 0 heterocycles. The summed E-state index contributed by atoms with van der Waals surface area (Å²) in [5, 5.41) is 11.8. The van der Waals surface area contributed by atoms with Crippen LogP contribution in [0.2, 0.25) is 0 Å². The summed E-state index contributed by atoms with van der Waals surface area (Å²) in [5.74, 6) is -0.225. The molecule has 0 aliphatic carbocycles. The number of unbranched alkanes of at least 4 members (excludes halogenated alkanes) is 3. The van der Waals surface area contributed by atoms with Gasteiger partial charge in [-0.1, -0.05) is 12.8 Å². The van der Waals surface area contributed by atoms with Gasteiger partial charge in [0.25, 0.3) is 0 Å². The maximum atomic E-state index is 12.4. The lowest BCUT2D eigenvalue weighted by atomic mass is 10.0. The largest absolute Gasteiger partial charge is 0.355 e. The van der Waals surface area contributed by atoms with Crippen LogP contribution in [0.5, 0.6) is 0 Å². The molecule has 0 rings (SSSR count). The third kappa shape index (κ3) is 12.9. The molecule has 3 atom stereocenters. The number of nitrogens with two attached hydrogens (primary N) is 2. The van der Waals surface area contributed by atoms with E-state index in [1.165, 1.54) is 6.92 Å². The molecular formula is C21H44N6O3. The number of carbonyl (C=O) groups excluding carboxylic acids is 3. The Labute approximate surface area is 181 Å². The van der Waals surface area contributed by atoms with Gasteiger partial charge in [-0.2, -0.15) is 0 Å². The van der Waals surface area contributed by atoms with Crippen molar-refractivity contribution in [1.82, 2.24) is 21.3 Å². The fraction of sp³-hybridized carbons (Fsp3) is 0.857. The Kier molecular flexibility index (Phi) is 17.3. The monoisotopic (exact) mass is 428 g/mol. The van der Waals surface area contributed by atoms with E-state index in [2.05, 4.69) is 21.3 Å². The molecule has 0 aliphatic heterocycles. The predicted octanol–water partition coefficient (Wildman–Crippen LogP) is -0.219. The smallest absolute Gasteiger partial charge is 0.237 e. The first kappa shape index (κ1) is 28.5. The van der Waals surface area contributed by atoms with Gasteiger partial charge in [0.1, 0.15) is 0 Å². The van der Waals surface area contributed by atoms with Crippen molar-refractivity contribution in [2.24, 2.45) is 11.5 Å². The van der Waals surface area contributed by atoms with E-state index in [4.69, 9.17) is 11.5 Å². The van der Waals surface area contributed by atoms with E-state index in [-0.39, 0.29) is 29.7 Å². The van der Waals surface area contributed by atoms with Crippen LogP contribution in [0, 0.1) is 0 Å². The van der Waals surface area contributed by atoms with E-state index in [0.717, 1.165) is 44.9 Å². The van der Waals surface area contributed by atoms with Gasteiger partial charge in [0.15, 0.2) is 5.78 Å². The first-order valence-corrected chi connectivity index (χ1v) is 11.2. The molecule has 9 nitrogen and oxygen atoms in total. The first-order chi connectivity index (χ1) is 14.4. The number of nitrogens with one attached hydrogen (secondary N) is 4. The van der Waals surface area contributed by atoms with Gasteiger partial charge >= 0.3 is 0 Å². The van der Waals surface area contributed by atoms with Crippen molar-refractivity contribution >= 4 is 17.6 Å². The van der Waals surface area contributed by atoms with Crippen molar-refractivity contribution in [1.29, 1.82) is 0 Å². The zero-order chi connectivity index (χ0) is 22.8. The summed E-state index contributed by atoms with van der Waals surface area (Å²) in [4.78, 5) is 36.6. The van der Waals surface area contributed by atoms with Crippen LogP contribution in [0.25, 0.3) is 0 Å². The zero-order valence-corrected chi connectivity index (χ0v) is 19.1. The van der Waals surface area contributed by atoms with Gasteiger partial charge < -0.3 is 32.7 Å². The molecule has 0 radical (unpaired) electrons. The standard InChI is InChI=1S/C21H44N6O3/c1-16(28)17(27-21(30)19(25-3)12-5-8-14-23)10-6-9-15-26-20(29)18(24-2)11-4-7-13-22/h17-19,24-25H,4-15,22-23H2,1-3H3,(H,26,29)(H,27,30). The summed E-state index contributed by atoms with van der Waals surface area (Å²) in [6, 6.07) is -1.03. The summed E-state index contributed by atoms with van der Waals surface area (Å²) in [7, 11) is 3.52. The lowest BCUT2D eigenvalue weighted by Crippen LogP contribution is -2.49. The number of carbonyl (C=O) groups is 3. The van der Waals surface area contributed by atoms with E-state index >= 15 is 0 Å². The predicted molar refractivity (Wildman–Crippen MR) is 121 cm³/mol. The molecule has 0 spiro atoms. The number of Topliss-reactive ketones (excluding diaryl/α,β-unsaturated/α-hetero) is 1. The molecule has 30 heavy (non-hydrogen) atoms. The Morgan fingerprint density at radius 2 is 1.17 bits per heavy atom. The van der Waals surface area contributed by atoms with E-state index in [9.17, 15) is 14.4 Å². The molecule has 3 unspecified atom stereocenters. The molecule has 0 aliphatic rings. The molecular weight excluding hydrogens is 384 g/mol.